The molecule has 7 nitrogen and oxygen atoms in total. The molecule has 0 unspecified atom stereocenters. The molecule has 7 heteroatoms. The highest BCUT2D eigenvalue weighted by molar-refractivity contribution is 5.80. The molecule has 0 amide bonds. The first-order chi connectivity index (χ1) is 11.7. The molecule has 24 heavy (non-hydrogen) atoms. The SMILES string of the molecule is C/N=C(\NC#N)NCCCCn1nc(-c2ccccc2)ccc1=O. The molecular formula is C17H20N6O. The van der Waals surface area contributed by atoms with E-state index in [2.05, 4.69) is 20.7 Å². The number of nitrogens with one attached hydrogen (secondary N) is 2. The van der Waals surface area contributed by atoms with Crippen LogP contribution in [0.1, 0.15) is 12.8 Å². The first-order valence-electron chi connectivity index (χ1n) is 7.74. The van der Waals surface area contributed by atoms with E-state index in [1.807, 2.05) is 36.5 Å². The Balaban J connectivity index is 1.89. The van der Waals surface area contributed by atoms with Crippen molar-refractivity contribution < 1.29 is 0 Å². The molecule has 2 N–H and O–H groups in total. The molecule has 1 heterocycles. The predicted octanol–water partition coefficient (Wildman–Crippen LogP) is 1.34. The van der Waals surface area contributed by atoms with Gasteiger partial charge in [-0.1, -0.05) is 30.3 Å². The van der Waals surface area contributed by atoms with Crippen LogP contribution in [0.5, 0.6) is 0 Å². The van der Waals surface area contributed by atoms with Crippen LogP contribution in [-0.2, 0) is 6.54 Å². The van der Waals surface area contributed by atoms with Crippen molar-refractivity contribution in [2.24, 2.45) is 4.99 Å². The van der Waals surface area contributed by atoms with Gasteiger partial charge in [-0.05, 0) is 18.9 Å². The molecule has 1 aromatic heterocycles. The predicted molar refractivity (Wildman–Crippen MR) is 93.3 cm³/mol. The minimum Gasteiger partial charge on any atom is -0.356 e. The van der Waals surface area contributed by atoms with E-state index in [1.165, 1.54) is 4.68 Å². The molecule has 0 aliphatic heterocycles. The van der Waals surface area contributed by atoms with E-state index in [9.17, 15) is 4.79 Å². The van der Waals surface area contributed by atoms with Crippen LogP contribution < -0.4 is 16.2 Å². The lowest BCUT2D eigenvalue weighted by Gasteiger charge is -2.09. The molecule has 0 aliphatic rings. The normalized spacial score (nSPS) is 10.9. The van der Waals surface area contributed by atoms with Gasteiger partial charge in [0.2, 0.25) is 5.96 Å². The van der Waals surface area contributed by atoms with E-state index in [1.54, 1.807) is 19.2 Å². The second kappa shape index (κ2) is 9.10. The summed E-state index contributed by atoms with van der Waals surface area (Å²) in [6.45, 7) is 1.21. The Morgan fingerprint density at radius 2 is 2.04 bits per heavy atom. The van der Waals surface area contributed by atoms with Crippen molar-refractivity contribution in [3.05, 3.63) is 52.8 Å². The first kappa shape index (κ1) is 17.2. The zero-order valence-electron chi connectivity index (χ0n) is 13.6. The second-order valence-electron chi connectivity index (χ2n) is 5.09. The Hall–Kier alpha value is -3.14. The third-order valence-corrected chi connectivity index (χ3v) is 3.42. The number of aromatic nitrogens is 2. The monoisotopic (exact) mass is 324 g/mol. The summed E-state index contributed by atoms with van der Waals surface area (Å²) in [4.78, 5) is 15.8. The van der Waals surface area contributed by atoms with Gasteiger partial charge < -0.3 is 5.32 Å². The summed E-state index contributed by atoms with van der Waals surface area (Å²) in [5, 5.41) is 18.4. The molecular weight excluding hydrogens is 304 g/mol. The summed E-state index contributed by atoms with van der Waals surface area (Å²) in [5.74, 6) is 0.443. The highest BCUT2D eigenvalue weighted by atomic mass is 16.1. The molecule has 124 valence electrons. The van der Waals surface area contributed by atoms with Crippen molar-refractivity contribution in [2.75, 3.05) is 13.6 Å². The van der Waals surface area contributed by atoms with Gasteiger partial charge in [-0.2, -0.15) is 10.4 Å². The number of benzene rings is 1. The number of aliphatic imine (C=N–C) groups is 1. The van der Waals surface area contributed by atoms with Crippen LogP contribution in [0.4, 0.5) is 0 Å². The Labute approximate surface area is 140 Å². The second-order valence-corrected chi connectivity index (χ2v) is 5.09. The molecule has 0 spiro atoms. The Morgan fingerprint density at radius 1 is 1.25 bits per heavy atom. The van der Waals surface area contributed by atoms with Gasteiger partial charge in [0.05, 0.1) is 5.69 Å². The van der Waals surface area contributed by atoms with Crippen LogP contribution in [0.15, 0.2) is 52.3 Å². The van der Waals surface area contributed by atoms with Crippen molar-refractivity contribution in [3.8, 4) is 17.5 Å². The van der Waals surface area contributed by atoms with E-state index in [-0.39, 0.29) is 5.56 Å². The molecule has 0 radical (unpaired) electrons. The van der Waals surface area contributed by atoms with Gasteiger partial charge in [0.15, 0.2) is 6.19 Å². The van der Waals surface area contributed by atoms with Crippen LogP contribution in [0, 0.1) is 11.5 Å². The van der Waals surface area contributed by atoms with E-state index >= 15 is 0 Å². The maximum absolute atomic E-state index is 11.9. The van der Waals surface area contributed by atoms with E-state index < -0.39 is 0 Å². The van der Waals surface area contributed by atoms with Crippen molar-refractivity contribution in [2.45, 2.75) is 19.4 Å². The van der Waals surface area contributed by atoms with Crippen molar-refractivity contribution in [1.82, 2.24) is 20.4 Å². The quantitative estimate of drug-likeness (QED) is 0.275. The van der Waals surface area contributed by atoms with Crippen LogP contribution in [-0.4, -0.2) is 29.3 Å². The average molecular weight is 324 g/mol. The van der Waals surface area contributed by atoms with Gasteiger partial charge in [-0.25, -0.2) is 4.68 Å². The summed E-state index contributed by atoms with van der Waals surface area (Å²) in [7, 11) is 1.60. The van der Waals surface area contributed by atoms with Gasteiger partial charge in [0.1, 0.15) is 0 Å². The zero-order chi connectivity index (χ0) is 17.2. The number of nitrogens with zero attached hydrogens (tertiary/aromatic N) is 4. The van der Waals surface area contributed by atoms with Crippen LogP contribution in [0.2, 0.25) is 0 Å². The highest BCUT2D eigenvalue weighted by Crippen LogP contribution is 2.13. The molecule has 1 aromatic carbocycles. The summed E-state index contributed by atoms with van der Waals surface area (Å²) in [5.41, 5.74) is 1.66. The minimum atomic E-state index is -0.107. The lowest BCUT2D eigenvalue weighted by atomic mass is 10.1. The fourth-order valence-electron chi connectivity index (χ4n) is 2.20. The lowest BCUT2D eigenvalue weighted by molar-refractivity contribution is 0.531. The Morgan fingerprint density at radius 3 is 2.75 bits per heavy atom. The largest absolute Gasteiger partial charge is 0.356 e. The molecule has 2 rings (SSSR count). The number of hydrogen-bond acceptors (Lipinski definition) is 4. The zero-order valence-corrected chi connectivity index (χ0v) is 13.6. The minimum absolute atomic E-state index is 0.107. The molecule has 0 fully saturated rings. The fraction of sp³-hybridized carbons (Fsp3) is 0.294. The van der Waals surface area contributed by atoms with E-state index in [0.717, 1.165) is 24.1 Å². The number of aryl methyl sites for hydroxylation is 1. The fourth-order valence-corrected chi connectivity index (χ4v) is 2.20. The van der Waals surface area contributed by atoms with Gasteiger partial charge in [0.25, 0.3) is 5.56 Å². The van der Waals surface area contributed by atoms with Gasteiger partial charge in [-0.3, -0.25) is 15.1 Å². The number of guanidine groups is 1. The number of nitriles is 1. The maximum Gasteiger partial charge on any atom is 0.266 e. The molecule has 0 saturated carbocycles. The summed E-state index contributed by atoms with van der Waals surface area (Å²) in [6, 6.07) is 13.1. The smallest absolute Gasteiger partial charge is 0.266 e. The summed E-state index contributed by atoms with van der Waals surface area (Å²) in [6.07, 6.45) is 3.44. The molecule has 0 aliphatic carbocycles. The number of unbranched alkanes of at least 4 members (excludes halogenated alkanes) is 1. The van der Waals surface area contributed by atoms with Crippen LogP contribution in [0.25, 0.3) is 11.3 Å². The summed E-state index contributed by atoms with van der Waals surface area (Å²) < 4.78 is 1.49. The van der Waals surface area contributed by atoms with Crippen LogP contribution in [0.3, 0.4) is 0 Å². The topological polar surface area (TPSA) is 95.1 Å². The third-order valence-electron chi connectivity index (χ3n) is 3.42. The van der Waals surface area contributed by atoms with E-state index in [4.69, 9.17) is 5.26 Å². The number of rotatable bonds is 6. The van der Waals surface area contributed by atoms with Gasteiger partial charge in [0, 0.05) is 31.8 Å². The van der Waals surface area contributed by atoms with Gasteiger partial charge >= 0.3 is 0 Å². The Bertz CT molecular complexity index is 776. The van der Waals surface area contributed by atoms with Crippen molar-refractivity contribution in [1.29, 1.82) is 5.26 Å². The standard InChI is InChI=1S/C17H20N6O/c1-19-17(21-13-18)20-11-5-6-12-23-16(24)10-9-15(22-23)14-7-3-2-4-8-14/h2-4,7-10H,5-6,11-12H2,1H3,(H2,19,20,21). The van der Waals surface area contributed by atoms with Crippen molar-refractivity contribution >= 4 is 5.96 Å². The average Bonchev–Trinajstić information content (AvgIpc) is 2.62. The lowest BCUT2D eigenvalue weighted by Crippen LogP contribution is -2.35. The third kappa shape index (κ3) is 4.95. The number of hydrogen-bond donors (Lipinski definition) is 2. The molecule has 0 bridgehead atoms. The maximum atomic E-state index is 11.9. The van der Waals surface area contributed by atoms with E-state index in [0.29, 0.717) is 19.0 Å². The summed E-state index contributed by atoms with van der Waals surface area (Å²) >= 11 is 0. The van der Waals surface area contributed by atoms with Crippen molar-refractivity contribution in [3.63, 3.8) is 0 Å². The first-order valence-corrected chi connectivity index (χ1v) is 7.74. The highest BCUT2D eigenvalue weighted by Gasteiger charge is 2.03. The Kier molecular flexibility index (Phi) is 6.53. The van der Waals surface area contributed by atoms with Gasteiger partial charge in [-0.15, -0.1) is 0 Å². The molecule has 0 atom stereocenters. The van der Waals surface area contributed by atoms with Crippen LogP contribution >= 0.6 is 0 Å². The molecule has 2 aromatic rings. The molecule has 0 saturated heterocycles.